The number of aliphatic hydroxyl groups is 1. The van der Waals surface area contributed by atoms with Crippen LogP contribution in [0.3, 0.4) is 0 Å². The Balaban J connectivity index is 1.87. The van der Waals surface area contributed by atoms with Crippen molar-refractivity contribution in [3.05, 3.63) is 24.0 Å². The molecule has 20 heavy (non-hydrogen) atoms. The Morgan fingerprint density at radius 2 is 2.15 bits per heavy atom. The molecule has 1 aliphatic carbocycles. The van der Waals surface area contributed by atoms with Crippen LogP contribution in [-0.4, -0.2) is 33.3 Å². The first-order valence-corrected chi connectivity index (χ1v) is 7.18. The molecule has 0 radical (unpaired) electrons. The fourth-order valence-electron chi connectivity index (χ4n) is 2.69. The minimum atomic E-state index is -1.03. The normalized spacial score (nSPS) is 26.2. The lowest BCUT2D eigenvalue weighted by atomic mass is 9.78. The number of carboxylic acids is 1. The van der Waals surface area contributed by atoms with Crippen LogP contribution in [-0.2, 0) is 0 Å². The van der Waals surface area contributed by atoms with Gasteiger partial charge < -0.3 is 15.5 Å². The maximum Gasteiger partial charge on any atom is 0.354 e. The van der Waals surface area contributed by atoms with Crippen LogP contribution in [0.2, 0.25) is 0 Å². The average molecular weight is 278 g/mol. The Morgan fingerprint density at radius 3 is 2.65 bits per heavy atom. The van der Waals surface area contributed by atoms with Crippen LogP contribution < -0.4 is 5.32 Å². The molecule has 1 fully saturated rings. The summed E-state index contributed by atoms with van der Waals surface area (Å²) in [5, 5.41) is 22.4. The monoisotopic (exact) mass is 278 g/mol. The van der Waals surface area contributed by atoms with Crippen LogP contribution in [0.1, 0.15) is 49.5 Å². The SMILES string of the molecule is CCC1CCC(O)(CNc2ccc(C(=O)O)nc2)CC1. The standard InChI is InChI=1S/C15H22N2O3/c1-2-11-5-7-15(20,8-6-11)10-17-12-3-4-13(14(18)19)16-9-12/h3-4,9,11,17,20H,2,5-8,10H2,1H3,(H,18,19). The van der Waals surface area contributed by atoms with Crippen molar-refractivity contribution in [3.8, 4) is 0 Å². The summed E-state index contributed by atoms with van der Waals surface area (Å²) in [7, 11) is 0. The van der Waals surface area contributed by atoms with Crippen molar-refractivity contribution in [2.24, 2.45) is 5.92 Å². The zero-order valence-corrected chi connectivity index (χ0v) is 11.8. The Labute approximate surface area is 119 Å². The van der Waals surface area contributed by atoms with Gasteiger partial charge in [0.05, 0.1) is 17.5 Å². The highest BCUT2D eigenvalue weighted by Gasteiger charge is 2.32. The van der Waals surface area contributed by atoms with E-state index in [1.54, 1.807) is 6.07 Å². The molecule has 0 atom stereocenters. The number of aromatic nitrogens is 1. The molecule has 5 nitrogen and oxygen atoms in total. The van der Waals surface area contributed by atoms with Gasteiger partial charge in [-0.2, -0.15) is 0 Å². The van der Waals surface area contributed by atoms with E-state index in [0.29, 0.717) is 6.54 Å². The summed E-state index contributed by atoms with van der Waals surface area (Å²) >= 11 is 0. The van der Waals surface area contributed by atoms with Crippen molar-refractivity contribution in [3.63, 3.8) is 0 Å². The first-order valence-electron chi connectivity index (χ1n) is 7.18. The quantitative estimate of drug-likeness (QED) is 0.771. The van der Waals surface area contributed by atoms with Gasteiger partial charge in [-0.25, -0.2) is 9.78 Å². The van der Waals surface area contributed by atoms with E-state index < -0.39 is 11.6 Å². The summed E-state index contributed by atoms with van der Waals surface area (Å²) in [6, 6.07) is 3.14. The first-order chi connectivity index (χ1) is 9.52. The van der Waals surface area contributed by atoms with Gasteiger partial charge in [0.2, 0.25) is 0 Å². The van der Waals surface area contributed by atoms with E-state index in [4.69, 9.17) is 5.11 Å². The van der Waals surface area contributed by atoms with Crippen molar-refractivity contribution in [1.82, 2.24) is 4.98 Å². The number of pyridine rings is 1. The molecule has 0 bridgehead atoms. The highest BCUT2D eigenvalue weighted by Crippen LogP contribution is 2.33. The smallest absolute Gasteiger partial charge is 0.354 e. The summed E-state index contributed by atoms with van der Waals surface area (Å²) in [5.41, 5.74) is 0.107. The second-order valence-electron chi connectivity index (χ2n) is 5.67. The Bertz CT molecular complexity index is 451. The summed E-state index contributed by atoms with van der Waals surface area (Å²) in [6.45, 7) is 2.68. The number of carboxylic acid groups (broad SMARTS) is 1. The number of anilines is 1. The summed E-state index contributed by atoms with van der Waals surface area (Å²) in [6.07, 6.45) is 6.46. The van der Waals surface area contributed by atoms with Crippen molar-refractivity contribution in [2.75, 3.05) is 11.9 Å². The van der Waals surface area contributed by atoms with E-state index >= 15 is 0 Å². The van der Waals surface area contributed by atoms with Crippen LogP contribution in [0, 0.1) is 5.92 Å². The molecule has 0 saturated heterocycles. The van der Waals surface area contributed by atoms with Crippen molar-refractivity contribution >= 4 is 11.7 Å². The fraction of sp³-hybridized carbons (Fsp3) is 0.600. The predicted octanol–water partition coefficient (Wildman–Crippen LogP) is 2.52. The molecule has 3 N–H and O–H groups in total. The molecule has 110 valence electrons. The van der Waals surface area contributed by atoms with Crippen LogP contribution in [0.5, 0.6) is 0 Å². The lowest BCUT2D eigenvalue weighted by Gasteiger charge is -2.36. The Hall–Kier alpha value is -1.62. The molecule has 1 aromatic heterocycles. The molecular weight excluding hydrogens is 256 g/mol. The number of hydrogen-bond donors (Lipinski definition) is 3. The molecule has 1 aliphatic rings. The largest absolute Gasteiger partial charge is 0.477 e. The summed E-state index contributed by atoms with van der Waals surface area (Å²) in [4.78, 5) is 14.6. The van der Waals surface area contributed by atoms with Crippen LogP contribution in [0.15, 0.2) is 18.3 Å². The van der Waals surface area contributed by atoms with E-state index in [2.05, 4.69) is 17.2 Å². The molecule has 0 amide bonds. The molecule has 1 saturated carbocycles. The van der Waals surface area contributed by atoms with Crippen molar-refractivity contribution in [1.29, 1.82) is 0 Å². The van der Waals surface area contributed by atoms with Crippen LogP contribution >= 0.6 is 0 Å². The van der Waals surface area contributed by atoms with Gasteiger partial charge in [0.1, 0.15) is 5.69 Å². The molecule has 1 aromatic rings. The highest BCUT2D eigenvalue weighted by molar-refractivity contribution is 5.85. The van der Waals surface area contributed by atoms with E-state index in [9.17, 15) is 9.90 Å². The fourth-order valence-corrected chi connectivity index (χ4v) is 2.69. The van der Waals surface area contributed by atoms with E-state index in [0.717, 1.165) is 37.3 Å². The number of aromatic carboxylic acids is 1. The van der Waals surface area contributed by atoms with Gasteiger partial charge in [-0.1, -0.05) is 13.3 Å². The maximum absolute atomic E-state index is 10.7. The third-order valence-electron chi connectivity index (χ3n) is 4.22. The Morgan fingerprint density at radius 1 is 1.45 bits per heavy atom. The van der Waals surface area contributed by atoms with E-state index in [1.165, 1.54) is 18.7 Å². The van der Waals surface area contributed by atoms with Gasteiger partial charge in [0.25, 0.3) is 0 Å². The van der Waals surface area contributed by atoms with E-state index in [-0.39, 0.29) is 5.69 Å². The second kappa shape index (κ2) is 6.22. The van der Waals surface area contributed by atoms with Gasteiger partial charge in [-0.05, 0) is 43.7 Å². The zero-order valence-electron chi connectivity index (χ0n) is 11.8. The predicted molar refractivity (Wildman–Crippen MR) is 76.9 cm³/mol. The van der Waals surface area contributed by atoms with Gasteiger partial charge >= 0.3 is 5.97 Å². The number of hydrogen-bond acceptors (Lipinski definition) is 4. The maximum atomic E-state index is 10.7. The topological polar surface area (TPSA) is 82.5 Å². The number of carbonyl (C=O) groups is 1. The molecule has 5 heteroatoms. The number of nitrogens with one attached hydrogen (secondary N) is 1. The molecule has 0 aliphatic heterocycles. The molecule has 0 aromatic carbocycles. The molecule has 0 unspecified atom stereocenters. The van der Waals surface area contributed by atoms with Crippen LogP contribution in [0.4, 0.5) is 5.69 Å². The molecule has 0 spiro atoms. The van der Waals surface area contributed by atoms with Crippen LogP contribution in [0.25, 0.3) is 0 Å². The summed E-state index contributed by atoms with van der Waals surface area (Å²) < 4.78 is 0. The molecular formula is C15H22N2O3. The van der Waals surface area contributed by atoms with Gasteiger partial charge in [0, 0.05) is 6.54 Å². The molecule has 1 heterocycles. The van der Waals surface area contributed by atoms with Gasteiger partial charge in [0.15, 0.2) is 0 Å². The first kappa shape index (κ1) is 14.8. The molecule has 2 rings (SSSR count). The minimum absolute atomic E-state index is 0.0257. The minimum Gasteiger partial charge on any atom is -0.477 e. The van der Waals surface area contributed by atoms with Crippen molar-refractivity contribution in [2.45, 2.75) is 44.6 Å². The highest BCUT2D eigenvalue weighted by atomic mass is 16.4. The third kappa shape index (κ3) is 3.70. The number of rotatable bonds is 5. The summed E-state index contributed by atoms with van der Waals surface area (Å²) in [5.74, 6) is -0.292. The zero-order chi connectivity index (χ0) is 14.6. The average Bonchev–Trinajstić information content (AvgIpc) is 2.46. The lowest BCUT2D eigenvalue weighted by Crippen LogP contribution is -2.40. The third-order valence-corrected chi connectivity index (χ3v) is 4.22. The van der Waals surface area contributed by atoms with Gasteiger partial charge in [-0.3, -0.25) is 0 Å². The second-order valence-corrected chi connectivity index (χ2v) is 5.67. The van der Waals surface area contributed by atoms with Crippen molar-refractivity contribution < 1.29 is 15.0 Å². The van der Waals surface area contributed by atoms with Gasteiger partial charge in [-0.15, -0.1) is 0 Å². The lowest BCUT2D eigenvalue weighted by molar-refractivity contribution is 0.00228. The Kier molecular flexibility index (Phi) is 4.60. The van der Waals surface area contributed by atoms with E-state index in [1.807, 2.05) is 0 Å². The number of nitrogens with zero attached hydrogens (tertiary/aromatic N) is 1.